The van der Waals surface area contributed by atoms with Gasteiger partial charge < -0.3 is 0 Å². The van der Waals surface area contributed by atoms with E-state index in [0.29, 0.717) is 11.6 Å². The number of benzene rings is 5. The van der Waals surface area contributed by atoms with Crippen LogP contribution in [0.2, 0.25) is 0 Å². The minimum absolute atomic E-state index is 0.677. The highest BCUT2D eigenvalue weighted by atomic mass is 32.1. The van der Waals surface area contributed by atoms with Crippen molar-refractivity contribution < 1.29 is 0 Å². The van der Waals surface area contributed by atoms with E-state index in [2.05, 4.69) is 97.1 Å². The zero-order chi connectivity index (χ0) is 32.6. The first-order valence-corrected chi connectivity index (χ1v) is 16.9. The molecule has 9 aromatic rings. The number of rotatable bonds is 6. The van der Waals surface area contributed by atoms with Gasteiger partial charge in [-0.3, -0.25) is 0 Å². The number of hydrogen-bond donors (Lipinski definition) is 0. The summed E-state index contributed by atoms with van der Waals surface area (Å²) < 4.78 is 1.02. The Morgan fingerprint density at radius 2 is 0.857 bits per heavy atom. The number of aromatic nitrogens is 5. The molecule has 0 saturated heterocycles. The van der Waals surface area contributed by atoms with Crippen molar-refractivity contribution in [3.63, 3.8) is 0 Å². The van der Waals surface area contributed by atoms with Gasteiger partial charge in [-0.1, -0.05) is 140 Å². The van der Waals surface area contributed by atoms with Crippen molar-refractivity contribution in [1.82, 2.24) is 24.9 Å². The lowest BCUT2D eigenvalue weighted by molar-refractivity contribution is 1.18. The van der Waals surface area contributed by atoms with Crippen LogP contribution in [-0.4, -0.2) is 24.9 Å². The zero-order valence-corrected chi connectivity index (χ0v) is 27.0. The van der Waals surface area contributed by atoms with Gasteiger partial charge in [-0.25, -0.2) is 24.9 Å². The second kappa shape index (κ2) is 12.3. The van der Waals surface area contributed by atoms with Gasteiger partial charge in [0.1, 0.15) is 4.83 Å². The van der Waals surface area contributed by atoms with Gasteiger partial charge in [-0.15, -0.1) is 11.3 Å². The van der Waals surface area contributed by atoms with Crippen molar-refractivity contribution in [2.24, 2.45) is 0 Å². The maximum Gasteiger partial charge on any atom is 0.160 e. The average molecular weight is 646 g/mol. The van der Waals surface area contributed by atoms with Crippen molar-refractivity contribution in [3.8, 4) is 67.5 Å². The van der Waals surface area contributed by atoms with E-state index in [-0.39, 0.29) is 0 Å². The van der Waals surface area contributed by atoms with Gasteiger partial charge in [-0.2, -0.15) is 0 Å². The summed E-state index contributed by atoms with van der Waals surface area (Å²) in [5, 5.41) is 1.04. The van der Waals surface area contributed by atoms with Crippen molar-refractivity contribution in [2.45, 2.75) is 0 Å². The van der Waals surface area contributed by atoms with Gasteiger partial charge >= 0.3 is 0 Å². The molecule has 0 radical (unpaired) electrons. The predicted molar refractivity (Wildman–Crippen MR) is 201 cm³/mol. The van der Waals surface area contributed by atoms with Crippen LogP contribution in [-0.2, 0) is 0 Å². The Hall–Kier alpha value is -6.37. The van der Waals surface area contributed by atoms with E-state index < -0.39 is 0 Å². The fraction of sp³-hybridized carbons (Fsp3) is 0. The quantitative estimate of drug-likeness (QED) is 0.180. The van der Waals surface area contributed by atoms with Crippen LogP contribution < -0.4 is 0 Å². The molecule has 4 heterocycles. The molecule has 0 aliphatic carbocycles. The first-order chi connectivity index (χ1) is 24.2. The standard InChI is InChI=1S/C43H27N5S/c1-4-10-28(11-5-1)30-16-18-31(19-17-30)37-25-38(47-42(46-37)33-14-8-3-9-15-33)32-20-22-34(23-21-32)41-44-27-39-40(48-41)36-24-35(26-45-43(36)49-39)29-12-6-2-7-13-29/h1-27H. The van der Waals surface area contributed by atoms with Gasteiger partial charge in [0.2, 0.25) is 0 Å². The fourth-order valence-corrected chi connectivity index (χ4v) is 7.02. The van der Waals surface area contributed by atoms with Crippen LogP contribution in [0, 0.1) is 0 Å². The third-order valence-corrected chi connectivity index (χ3v) is 9.70. The third-order valence-electron chi connectivity index (χ3n) is 8.66. The lowest BCUT2D eigenvalue weighted by Crippen LogP contribution is -1.96. The summed E-state index contributed by atoms with van der Waals surface area (Å²) >= 11 is 1.62. The van der Waals surface area contributed by atoms with Gasteiger partial charge in [-0.05, 0) is 28.8 Å². The van der Waals surface area contributed by atoms with Crippen LogP contribution in [0.15, 0.2) is 164 Å². The minimum atomic E-state index is 0.677. The summed E-state index contributed by atoms with van der Waals surface area (Å²) in [6.45, 7) is 0. The first kappa shape index (κ1) is 28.8. The molecule has 0 saturated carbocycles. The van der Waals surface area contributed by atoms with Gasteiger partial charge in [0.05, 0.1) is 21.6 Å². The van der Waals surface area contributed by atoms with E-state index in [4.69, 9.17) is 24.9 Å². The molecule has 0 spiro atoms. The Bertz CT molecular complexity index is 2570. The Morgan fingerprint density at radius 1 is 0.367 bits per heavy atom. The molecule has 4 aromatic heterocycles. The lowest BCUT2D eigenvalue weighted by atomic mass is 10.0. The first-order valence-electron chi connectivity index (χ1n) is 16.1. The summed E-state index contributed by atoms with van der Waals surface area (Å²) in [6.07, 6.45) is 3.84. The number of thiophene rings is 1. The molecular formula is C43H27N5S. The monoisotopic (exact) mass is 645 g/mol. The normalized spacial score (nSPS) is 11.3. The topological polar surface area (TPSA) is 64.5 Å². The zero-order valence-electron chi connectivity index (χ0n) is 26.2. The van der Waals surface area contributed by atoms with Crippen molar-refractivity contribution in [2.75, 3.05) is 0 Å². The molecule has 0 unspecified atom stereocenters. The van der Waals surface area contributed by atoms with E-state index in [1.807, 2.05) is 67.0 Å². The van der Waals surface area contributed by atoms with Crippen molar-refractivity contribution in [3.05, 3.63) is 164 Å². The van der Waals surface area contributed by atoms with Crippen LogP contribution in [0.5, 0.6) is 0 Å². The maximum atomic E-state index is 5.04. The molecule has 0 bridgehead atoms. The molecule has 230 valence electrons. The molecule has 5 nitrogen and oxygen atoms in total. The highest BCUT2D eigenvalue weighted by Gasteiger charge is 2.14. The van der Waals surface area contributed by atoms with Gasteiger partial charge in [0.25, 0.3) is 0 Å². The van der Waals surface area contributed by atoms with E-state index >= 15 is 0 Å². The maximum absolute atomic E-state index is 5.04. The predicted octanol–water partition coefficient (Wildman–Crippen LogP) is 11.0. The number of hydrogen-bond acceptors (Lipinski definition) is 6. The molecule has 0 aliphatic heterocycles. The molecule has 9 rings (SSSR count). The van der Waals surface area contributed by atoms with Crippen molar-refractivity contribution in [1.29, 1.82) is 0 Å². The molecule has 0 N–H and O–H groups in total. The van der Waals surface area contributed by atoms with Crippen molar-refractivity contribution >= 4 is 31.8 Å². The lowest BCUT2D eigenvalue weighted by Gasteiger charge is -2.10. The molecule has 0 amide bonds. The van der Waals surface area contributed by atoms with E-state index in [9.17, 15) is 0 Å². The summed E-state index contributed by atoms with van der Waals surface area (Å²) in [7, 11) is 0. The second-order valence-corrected chi connectivity index (χ2v) is 12.8. The Balaban J connectivity index is 1.08. The highest BCUT2D eigenvalue weighted by molar-refractivity contribution is 7.25. The third kappa shape index (κ3) is 5.64. The molecule has 5 aromatic carbocycles. The van der Waals surface area contributed by atoms with E-state index in [1.54, 1.807) is 11.3 Å². The van der Waals surface area contributed by atoms with Gasteiger partial charge in [0, 0.05) is 45.6 Å². The SMILES string of the molecule is c1ccc(-c2ccc(-c3cc(-c4ccc(-c5ncc6sc7ncc(-c8ccccc8)cc7c6n5)cc4)nc(-c4ccccc4)n3)cc2)cc1. The van der Waals surface area contributed by atoms with Crippen LogP contribution in [0.1, 0.15) is 0 Å². The summed E-state index contributed by atoms with van der Waals surface area (Å²) in [6, 6.07) is 52.0. The largest absolute Gasteiger partial charge is 0.245 e. The molecule has 0 aliphatic rings. The van der Waals surface area contributed by atoms with Crippen LogP contribution in [0.3, 0.4) is 0 Å². The Labute approximate surface area is 287 Å². The highest BCUT2D eigenvalue weighted by Crippen LogP contribution is 2.35. The summed E-state index contributed by atoms with van der Waals surface area (Å²) in [4.78, 5) is 25.5. The Morgan fingerprint density at radius 3 is 1.47 bits per heavy atom. The number of nitrogens with zero attached hydrogens (tertiary/aromatic N) is 5. The smallest absolute Gasteiger partial charge is 0.160 e. The molecule has 0 atom stereocenters. The van der Waals surface area contributed by atoms with Gasteiger partial charge in [0.15, 0.2) is 11.6 Å². The van der Waals surface area contributed by atoms with Crippen LogP contribution >= 0.6 is 11.3 Å². The Kier molecular flexibility index (Phi) is 7.26. The van der Waals surface area contributed by atoms with Crippen LogP contribution in [0.4, 0.5) is 0 Å². The average Bonchev–Trinajstić information content (AvgIpc) is 3.56. The summed E-state index contributed by atoms with van der Waals surface area (Å²) in [5.41, 5.74) is 11.1. The van der Waals surface area contributed by atoms with E-state index in [1.165, 1.54) is 11.1 Å². The summed E-state index contributed by atoms with van der Waals surface area (Å²) in [5.74, 6) is 1.36. The number of fused-ring (bicyclic) bond motifs is 3. The molecule has 6 heteroatoms. The molecule has 0 fully saturated rings. The fourth-order valence-electron chi connectivity index (χ4n) is 6.09. The van der Waals surface area contributed by atoms with Crippen LogP contribution in [0.25, 0.3) is 88.0 Å². The van der Waals surface area contributed by atoms with E-state index in [0.717, 1.165) is 65.2 Å². The number of pyridine rings is 1. The minimum Gasteiger partial charge on any atom is -0.245 e. The molecular weight excluding hydrogens is 619 g/mol. The molecule has 49 heavy (non-hydrogen) atoms. The second-order valence-electron chi connectivity index (χ2n) is 11.8.